The van der Waals surface area contributed by atoms with Crippen LogP contribution in [0.15, 0.2) is 42.5 Å². The number of nitrogens with zero attached hydrogens (tertiary/aromatic N) is 3. The van der Waals surface area contributed by atoms with Gasteiger partial charge in [-0.1, -0.05) is 12.1 Å². The Kier molecular flexibility index (Phi) is 8.89. The van der Waals surface area contributed by atoms with Crippen LogP contribution in [0.2, 0.25) is 0 Å². The first-order valence-corrected chi connectivity index (χ1v) is 14.1. The number of nitrogens with one attached hydrogen (secondary N) is 1. The zero-order valence-corrected chi connectivity index (χ0v) is 23.1. The highest BCUT2D eigenvalue weighted by atomic mass is 19.1. The minimum Gasteiger partial charge on any atom is -0.485 e. The molecule has 0 spiro atoms. The van der Waals surface area contributed by atoms with Crippen molar-refractivity contribution in [3.05, 3.63) is 71.1 Å². The number of hydrogen-bond acceptors (Lipinski definition) is 7. The molecule has 3 aromatic rings. The Morgan fingerprint density at radius 3 is 2.55 bits per heavy atom. The number of rotatable bonds is 8. The van der Waals surface area contributed by atoms with Gasteiger partial charge >= 0.3 is 5.97 Å². The van der Waals surface area contributed by atoms with Crippen LogP contribution < -0.4 is 15.0 Å². The van der Waals surface area contributed by atoms with Gasteiger partial charge in [0.15, 0.2) is 11.6 Å². The third-order valence-electron chi connectivity index (χ3n) is 7.80. The maximum absolute atomic E-state index is 15.1. The molecule has 5 rings (SSSR count). The summed E-state index contributed by atoms with van der Waals surface area (Å²) in [6.07, 6.45) is 3.44. The summed E-state index contributed by atoms with van der Waals surface area (Å²) in [5.41, 5.74) is 3.42. The summed E-state index contributed by atoms with van der Waals surface area (Å²) < 4.78 is 40.6. The molecule has 2 fully saturated rings. The van der Waals surface area contributed by atoms with E-state index in [2.05, 4.69) is 10.2 Å². The SMILES string of the molecule is CCOC(=O)C1CCN(c2cccc(-c3cc(F)cc(F)c3OCc3ccc(C4CCNCC4)nc3C)n2)CC1. The molecular weight excluding hydrogens is 514 g/mol. The molecule has 4 heterocycles. The number of esters is 1. The Morgan fingerprint density at radius 1 is 1.05 bits per heavy atom. The van der Waals surface area contributed by atoms with Gasteiger partial charge < -0.3 is 19.7 Å². The molecule has 7 nitrogen and oxygen atoms in total. The Bertz CT molecular complexity index is 1340. The van der Waals surface area contributed by atoms with Crippen LogP contribution in [0.5, 0.6) is 5.75 Å². The molecule has 1 N–H and O–H groups in total. The monoisotopic (exact) mass is 550 g/mol. The molecule has 9 heteroatoms. The first-order chi connectivity index (χ1) is 19.4. The molecule has 2 aliphatic rings. The number of halogens is 2. The Balaban J connectivity index is 1.33. The van der Waals surface area contributed by atoms with Gasteiger partial charge in [-0.05, 0) is 76.9 Å². The minimum absolute atomic E-state index is 0.0473. The van der Waals surface area contributed by atoms with Gasteiger partial charge in [0.05, 0.1) is 18.2 Å². The van der Waals surface area contributed by atoms with E-state index >= 15 is 4.39 Å². The van der Waals surface area contributed by atoms with Gasteiger partial charge in [0.25, 0.3) is 0 Å². The third kappa shape index (κ3) is 6.41. The van der Waals surface area contributed by atoms with Crippen LogP contribution in [0.3, 0.4) is 0 Å². The van der Waals surface area contributed by atoms with Gasteiger partial charge in [-0.25, -0.2) is 13.8 Å². The molecule has 0 atom stereocenters. The van der Waals surface area contributed by atoms with Crippen molar-refractivity contribution < 1.29 is 23.0 Å². The van der Waals surface area contributed by atoms with Crippen molar-refractivity contribution in [2.75, 3.05) is 37.7 Å². The highest BCUT2D eigenvalue weighted by Gasteiger charge is 2.27. The average molecular weight is 551 g/mol. The third-order valence-corrected chi connectivity index (χ3v) is 7.80. The van der Waals surface area contributed by atoms with Crippen LogP contribution in [0, 0.1) is 24.5 Å². The lowest BCUT2D eigenvalue weighted by atomic mass is 9.93. The molecule has 0 radical (unpaired) electrons. The van der Waals surface area contributed by atoms with Gasteiger partial charge in [-0.2, -0.15) is 0 Å². The van der Waals surface area contributed by atoms with Crippen molar-refractivity contribution in [2.45, 2.75) is 52.1 Å². The van der Waals surface area contributed by atoms with E-state index in [1.165, 1.54) is 6.07 Å². The predicted molar refractivity (Wildman–Crippen MR) is 149 cm³/mol. The molecule has 0 bridgehead atoms. The lowest BCUT2D eigenvalue weighted by Gasteiger charge is -2.32. The Hall–Kier alpha value is -3.59. The number of ether oxygens (including phenoxy) is 2. The normalized spacial score (nSPS) is 16.6. The number of piperidine rings is 2. The smallest absolute Gasteiger partial charge is 0.309 e. The summed E-state index contributed by atoms with van der Waals surface area (Å²) >= 11 is 0. The van der Waals surface area contributed by atoms with E-state index in [4.69, 9.17) is 19.4 Å². The first kappa shape index (κ1) is 28.0. The molecule has 0 saturated carbocycles. The topological polar surface area (TPSA) is 76.6 Å². The van der Waals surface area contributed by atoms with Crippen molar-refractivity contribution >= 4 is 11.8 Å². The van der Waals surface area contributed by atoms with Gasteiger partial charge in [0.2, 0.25) is 0 Å². The molecule has 2 aliphatic heterocycles. The summed E-state index contributed by atoms with van der Waals surface area (Å²) in [6, 6.07) is 11.5. The van der Waals surface area contributed by atoms with Crippen molar-refractivity contribution in [3.8, 4) is 17.0 Å². The molecule has 1 aromatic carbocycles. The number of carbonyl (C=O) groups is 1. The molecule has 2 saturated heterocycles. The molecule has 0 unspecified atom stereocenters. The van der Waals surface area contributed by atoms with Gasteiger partial charge in [0, 0.05) is 47.6 Å². The van der Waals surface area contributed by atoms with E-state index < -0.39 is 11.6 Å². The number of aryl methyl sites for hydroxylation is 1. The van der Waals surface area contributed by atoms with Crippen molar-refractivity contribution in [1.82, 2.24) is 15.3 Å². The van der Waals surface area contributed by atoms with E-state index in [9.17, 15) is 9.18 Å². The molecule has 212 valence electrons. The fraction of sp³-hybridized carbons (Fsp3) is 0.452. The van der Waals surface area contributed by atoms with Crippen LogP contribution in [-0.4, -0.2) is 48.7 Å². The summed E-state index contributed by atoms with van der Waals surface area (Å²) in [5, 5.41) is 3.37. The maximum Gasteiger partial charge on any atom is 0.309 e. The van der Waals surface area contributed by atoms with Gasteiger partial charge in [-0.15, -0.1) is 0 Å². The van der Waals surface area contributed by atoms with E-state index in [0.717, 1.165) is 48.9 Å². The number of pyridine rings is 2. The molecule has 40 heavy (non-hydrogen) atoms. The Labute approximate surface area is 233 Å². The highest BCUT2D eigenvalue weighted by molar-refractivity contribution is 5.73. The van der Waals surface area contributed by atoms with E-state index in [-0.39, 0.29) is 29.8 Å². The standard InChI is InChI=1S/C31H36F2N4O3/c1-3-39-31(38)22-11-15-37(16-12-22)29-6-4-5-28(36-29)25-17-24(32)18-26(33)30(25)40-19-23-7-8-27(35-20(23)2)21-9-13-34-14-10-21/h4-8,17-18,21-22,34H,3,9-16,19H2,1-2H3. The summed E-state index contributed by atoms with van der Waals surface area (Å²) in [4.78, 5) is 23.7. The fourth-order valence-electron chi connectivity index (χ4n) is 5.51. The van der Waals surface area contributed by atoms with Crippen LogP contribution in [0.1, 0.15) is 55.5 Å². The second-order valence-electron chi connectivity index (χ2n) is 10.5. The minimum atomic E-state index is -0.783. The zero-order valence-electron chi connectivity index (χ0n) is 23.1. The molecule has 0 aliphatic carbocycles. The summed E-state index contributed by atoms with van der Waals surface area (Å²) in [6.45, 7) is 7.47. The quantitative estimate of drug-likeness (QED) is 0.368. The second kappa shape index (κ2) is 12.7. The second-order valence-corrected chi connectivity index (χ2v) is 10.5. The molecular formula is C31H36F2N4O3. The highest BCUT2D eigenvalue weighted by Crippen LogP contribution is 2.35. The van der Waals surface area contributed by atoms with E-state index in [0.29, 0.717) is 50.0 Å². The van der Waals surface area contributed by atoms with E-state index in [1.807, 2.05) is 31.2 Å². The van der Waals surface area contributed by atoms with Gasteiger partial charge in [0.1, 0.15) is 18.2 Å². The number of aromatic nitrogens is 2. The van der Waals surface area contributed by atoms with Crippen molar-refractivity contribution in [3.63, 3.8) is 0 Å². The van der Waals surface area contributed by atoms with Crippen LogP contribution >= 0.6 is 0 Å². The number of benzene rings is 1. The summed E-state index contributed by atoms with van der Waals surface area (Å²) in [7, 11) is 0. The number of anilines is 1. The number of carbonyl (C=O) groups excluding carboxylic acids is 1. The number of hydrogen-bond donors (Lipinski definition) is 1. The summed E-state index contributed by atoms with van der Waals surface area (Å²) in [5.74, 6) is -0.695. The van der Waals surface area contributed by atoms with Crippen LogP contribution in [-0.2, 0) is 16.1 Å². The van der Waals surface area contributed by atoms with Crippen molar-refractivity contribution in [2.24, 2.45) is 5.92 Å². The van der Waals surface area contributed by atoms with Crippen molar-refractivity contribution in [1.29, 1.82) is 0 Å². The van der Waals surface area contributed by atoms with Gasteiger partial charge in [-0.3, -0.25) is 9.78 Å². The Morgan fingerprint density at radius 2 is 1.82 bits per heavy atom. The van der Waals surface area contributed by atoms with Crippen LogP contribution in [0.25, 0.3) is 11.3 Å². The molecule has 0 amide bonds. The lowest BCUT2D eigenvalue weighted by molar-refractivity contribution is -0.148. The van der Waals surface area contributed by atoms with E-state index in [1.54, 1.807) is 13.0 Å². The average Bonchev–Trinajstić information content (AvgIpc) is 2.97. The first-order valence-electron chi connectivity index (χ1n) is 14.1. The predicted octanol–water partition coefficient (Wildman–Crippen LogP) is 5.56. The largest absolute Gasteiger partial charge is 0.485 e. The lowest BCUT2D eigenvalue weighted by Crippen LogP contribution is -2.37. The molecule has 2 aromatic heterocycles. The fourth-order valence-corrected chi connectivity index (χ4v) is 5.51. The maximum atomic E-state index is 15.1. The zero-order chi connectivity index (χ0) is 28.1. The van der Waals surface area contributed by atoms with Crippen LogP contribution in [0.4, 0.5) is 14.6 Å².